The molecule has 0 radical (unpaired) electrons. The van der Waals surface area contributed by atoms with Gasteiger partial charge in [0.2, 0.25) is 0 Å². The van der Waals surface area contributed by atoms with Gasteiger partial charge in [-0.15, -0.1) is 0 Å². The number of nitrogens with zero attached hydrogens (tertiary/aromatic N) is 3. The summed E-state index contributed by atoms with van der Waals surface area (Å²) in [6, 6.07) is 18.4. The molecule has 0 aliphatic heterocycles. The molecule has 0 N–H and O–H groups in total. The van der Waals surface area contributed by atoms with Crippen LogP contribution in [0.15, 0.2) is 77.0 Å². The molecule has 190 valence electrons. The highest BCUT2D eigenvalue weighted by Crippen LogP contribution is 2.25. The number of unbranched alkanes of at least 4 members (excludes halogenated alkanes) is 5. The molecule has 0 saturated heterocycles. The van der Waals surface area contributed by atoms with Crippen molar-refractivity contribution in [2.75, 3.05) is 25.6 Å². The van der Waals surface area contributed by atoms with E-state index < -0.39 is 11.8 Å². The summed E-state index contributed by atoms with van der Waals surface area (Å²) in [6.45, 7) is 2.65. The third-order valence-corrected chi connectivity index (χ3v) is 5.62. The van der Waals surface area contributed by atoms with Crippen LogP contribution in [0, 0.1) is 5.82 Å². The summed E-state index contributed by atoms with van der Waals surface area (Å²) in [5.74, 6) is -0.859. The molecule has 0 unspecified atom stereocenters. The zero-order valence-electron chi connectivity index (χ0n) is 21.2. The third kappa shape index (κ3) is 8.48. The maximum absolute atomic E-state index is 14.4. The van der Waals surface area contributed by atoms with Crippen LogP contribution in [-0.4, -0.2) is 26.7 Å². The molecular weight excluding hydrogens is 457 g/mol. The van der Waals surface area contributed by atoms with Gasteiger partial charge in [-0.05, 0) is 67.1 Å². The number of carbonyl (C=O) groups excluding carboxylic acids is 1. The van der Waals surface area contributed by atoms with E-state index in [0.717, 1.165) is 24.2 Å². The van der Waals surface area contributed by atoms with E-state index in [1.54, 1.807) is 24.3 Å². The third-order valence-electron chi connectivity index (χ3n) is 5.62. The molecule has 3 aromatic carbocycles. The Morgan fingerprint density at radius 2 is 1.44 bits per heavy atom. The van der Waals surface area contributed by atoms with Gasteiger partial charge < -0.3 is 14.4 Å². The standard InChI is InChI=1S/C29H34FN3O3/c1-4-5-6-7-8-9-20-35-28-19-18-26(21-27(28)30)36-29(34)22-10-12-23(13-11-22)31-32-24-14-16-25(17-15-24)33(2)3/h10-19,21H,4-9,20H2,1-3H3/b32-31+. The van der Waals surface area contributed by atoms with E-state index in [2.05, 4.69) is 17.2 Å². The van der Waals surface area contributed by atoms with Crippen molar-refractivity contribution >= 4 is 23.0 Å². The van der Waals surface area contributed by atoms with Crippen LogP contribution in [0.25, 0.3) is 0 Å². The molecule has 0 aromatic heterocycles. The van der Waals surface area contributed by atoms with Crippen LogP contribution in [0.4, 0.5) is 21.5 Å². The summed E-state index contributed by atoms with van der Waals surface area (Å²) >= 11 is 0. The van der Waals surface area contributed by atoms with Gasteiger partial charge >= 0.3 is 5.97 Å². The highest BCUT2D eigenvalue weighted by molar-refractivity contribution is 5.91. The van der Waals surface area contributed by atoms with Crippen molar-refractivity contribution < 1.29 is 18.7 Å². The van der Waals surface area contributed by atoms with Crippen LogP contribution in [0.3, 0.4) is 0 Å². The van der Waals surface area contributed by atoms with Crippen LogP contribution >= 0.6 is 0 Å². The first-order valence-corrected chi connectivity index (χ1v) is 12.4. The zero-order chi connectivity index (χ0) is 25.8. The largest absolute Gasteiger partial charge is 0.491 e. The molecule has 0 saturated carbocycles. The van der Waals surface area contributed by atoms with Crippen LogP contribution in [0.1, 0.15) is 55.8 Å². The van der Waals surface area contributed by atoms with Crippen molar-refractivity contribution in [3.8, 4) is 11.5 Å². The average molecular weight is 492 g/mol. The van der Waals surface area contributed by atoms with Gasteiger partial charge in [0.15, 0.2) is 11.6 Å². The van der Waals surface area contributed by atoms with Crippen molar-refractivity contribution in [1.29, 1.82) is 0 Å². The molecule has 6 nitrogen and oxygen atoms in total. The number of carbonyl (C=O) groups is 1. The molecule has 0 aliphatic carbocycles. The molecule has 7 heteroatoms. The molecular formula is C29H34FN3O3. The Hall–Kier alpha value is -3.74. The van der Waals surface area contributed by atoms with E-state index in [-0.39, 0.29) is 11.5 Å². The molecule has 0 spiro atoms. The Balaban J connectivity index is 1.49. The van der Waals surface area contributed by atoms with Crippen LogP contribution < -0.4 is 14.4 Å². The van der Waals surface area contributed by atoms with Crippen molar-refractivity contribution in [3.63, 3.8) is 0 Å². The highest BCUT2D eigenvalue weighted by Gasteiger charge is 2.12. The Kier molecular flexibility index (Phi) is 10.4. The van der Waals surface area contributed by atoms with E-state index >= 15 is 0 Å². The Bertz CT molecular complexity index is 1130. The minimum atomic E-state index is -0.585. The van der Waals surface area contributed by atoms with Crippen LogP contribution in [-0.2, 0) is 0 Å². The first-order valence-electron chi connectivity index (χ1n) is 12.4. The number of esters is 1. The van der Waals surface area contributed by atoms with E-state index in [0.29, 0.717) is 17.9 Å². The quantitative estimate of drug-likeness (QED) is 0.104. The van der Waals surface area contributed by atoms with E-state index in [1.807, 2.05) is 43.3 Å². The van der Waals surface area contributed by atoms with E-state index in [1.165, 1.54) is 43.9 Å². The predicted octanol–water partition coefficient (Wildman–Crippen LogP) is 8.27. The fourth-order valence-electron chi connectivity index (χ4n) is 3.49. The van der Waals surface area contributed by atoms with Gasteiger partial charge in [0, 0.05) is 25.8 Å². The topological polar surface area (TPSA) is 63.5 Å². The van der Waals surface area contributed by atoms with Crippen LogP contribution in [0.5, 0.6) is 11.5 Å². The predicted molar refractivity (Wildman–Crippen MR) is 142 cm³/mol. The highest BCUT2D eigenvalue weighted by atomic mass is 19.1. The number of hydrogen-bond acceptors (Lipinski definition) is 6. The summed E-state index contributed by atoms with van der Waals surface area (Å²) in [7, 11) is 3.95. The zero-order valence-corrected chi connectivity index (χ0v) is 21.2. The fraction of sp³-hybridized carbons (Fsp3) is 0.345. The minimum Gasteiger partial charge on any atom is -0.491 e. The molecule has 3 aromatic rings. The number of halogens is 1. The second kappa shape index (κ2) is 14.0. The first-order chi connectivity index (χ1) is 17.5. The molecule has 0 bridgehead atoms. The lowest BCUT2D eigenvalue weighted by Crippen LogP contribution is -2.08. The van der Waals surface area contributed by atoms with Gasteiger partial charge in [-0.1, -0.05) is 39.0 Å². The van der Waals surface area contributed by atoms with E-state index in [4.69, 9.17) is 9.47 Å². The van der Waals surface area contributed by atoms with Gasteiger partial charge in [0.1, 0.15) is 5.75 Å². The number of benzene rings is 3. The van der Waals surface area contributed by atoms with Gasteiger partial charge in [0.25, 0.3) is 0 Å². The Morgan fingerprint density at radius 1 is 0.833 bits per heavy atom. The fourth-order valence-corrected chi connectivity index (χ4v) is 3.49. The summed E-state index contributed by atoms with van der Waals surface area (Å²) in [4.78, 5) is 14.5. The Labute approximate surface area is 212 Å². The second-order valence-electron chi connectivity index (χ2n) is 8.76. The molecule has 0 amide bonds. The second-order valence-corrected chi connectivity index (χ2v) is 8.76. The first kappa shape index (κ1) is 26.9. The number of anilines is 1. The van der Waals surface area contributed by atoms with Gasteiger partial charge in [0.05, 0.1) is 23.5 Å². The molecule has 0 heterocycles. The summed E-state index contributed by atoms with van der Waals surface area (Å²) in [5.41, 5.74) is 2.73. The molecule has 0 atom stereocenters. The number of hydrogen-bond donors (Lipinski definition) is 0. The minimum absolute atomic E-state index is 0.120. The average Bonchev–Trinajstić information content (AvgIpc) is 2.88. The van der Waals surface area contributed by atoms with Crippen molar-refractivity contribution in [2.45, 2.75) is 45.4 Å². The lowest BCUT2D eigenvalue weighted by molar-refractivity contribution is 0.0734. The van der Waals surface area contributed by atoms with Gasteiger partial charge in [-0.2, -0.15) is 10.2 Å². The monoisotopic (exact) mass is 491 g/mol. The molecule has 0 aliphatic rings. The van der Waals surface area contributed by atoms with Crippen LogP contribution in [0.2, 0.25) is 0 Å². The summed E-state index contributed by atoms with van der Waals surface area (Å²) < 4.78 is 25.2. The van der Waals surface area contributed by atoms with Gasteiger partial charge in [-0.25, -0.2) is 9.18 Å². The molecule has 3 rings (SSSR count). The maximum Gasteiger partial charge on any atom is 0.343 e. The number of azo groups is 1. The Morgan fingerprint density at radius 3 is 2.06 bits per heavy atom. The SMILES string of the molecule is CCCCCCCCOc1ccc(OC(=O)c2ccc(/N=N/c3ccc(N(C)C)cc3)cc2)cc1F. The van der Waals surface area contributed by atoms with E-state index in [9.17, 15) is 9.18 Å². The van der Waals surface area contributed by atoms with Crippen molar-refractivity contribution in [2.24, 2.45) is 10.2 Å². The van der Waals surface area contributed by atoms with Crippen molar-refractivity contribution in [1.82, 2.24) is 0 Å². The normalized spacial score (nSPS) is 11.0. The number of rotatable bonds is 13. The van der Waals surface area contributed by atoms with Gasteiger partial charge in [-0.3, -0.25) is 0 Å². The summed E-state index contributed by atoms with van der Waals surface area (Å²) in [6.07, 6.45) is 6.81. The van der Waals surface area contributed by atoms with Crippen molar-refractivity contribution in [3.05, 3.63) is 78.1 Å². The molecule has 0 fully saturated rings. The summed E-state index contributed by atoms with van der Waals surface area (Å²) in [5, 5.41) is 8.42. The number of ether oxygens (including phenoxy) is 2. The maximum atomic E-state index is 14.4. The lowest BCUT2D eigenvalue weighted by atomic mass is 10.1. The molecule has 36 heavy (non-hydrogen) atoms. The smallest absolute Gasteiger partial charge is 0.343 e. The lowest BCUT2D eigenvalue weighted by Gasteiger charge is -2.11.